The molecule has 0 aromatic heterocycles. The van der Waals surface area contributed by atoms with E-state index in [1.807, 2.05) is 42.5 Å². The highest BCUT2D eigenvalue weighted by molar-refractivity contribution is 5.83. The first-order valence-electron chi connectivity index (χ1n) is 7.74. The number of fused-ring (bicyclic) bond motifs is 1. The second-order valence-corrected chi connectivity index (χ2v) is 5.29. The summed E-state index contributed by atoms with van der Waals surface area (Å²) in [7, 11) is 0. The standard InChI is InChI=1S/C20H20O2/c1-2-3-13-21-18-9-6-10-19(15-18)22-20-12-11-16-7-4-5-8-17(16)14-20/h4-12,14-15H,2-3,13H2,1H3. The third-order valence-corrected chi connectivity index (χ3v) is 3.53. The minimum Gasteiger partial charge on any atom is -0.493 e. The quantitative estimate of drug-likeness (QED) is 0.534. The Labute approximate surface area is 131 Å². The molecular formula is C20H20O2. The summed E-state index contributed by atoms with van der Waals surface area (Å²) in [6.07, 6.45) is 2.20. The average molecular weight is 292 g/mol. The molecule has 2 heteroatoms. The Balaban J connectivity index is 1.75. The molecule has 0 aliphatic carbocycles. The van der Waals surface area contributed by atoms with E-state index in [-0.39, 0.29) is 0 Å². The van der Waals surface area contributed by atoms with Crippen molar-refractivity contribution < 1.29 is 9.47 Å². The van der Waals surface area contributed by atoms with Crippen molar-refractivity contribution in [2.45, 2.75) is 19.8 Å². The van der Waals surface area contributed by atoms with Crippen LogP contribution in [0.5, 0.6) is 17.2 Å². The summed E-state index contributed by atoms with van der Waals surface area (Å²) in [5, 5.41) is 2.39. The van der Waals surface area contributed by atoms with Gasteiger partial charge in [-0.1, -0.05) is 49.7 Å². The molecule has 22 heavy (non-hydrogen) atoms. The SMILES string of the molecule is CCCCOc1cccc(Oc2ccc3ccccc3c2)c1. The molecule has 2 nitrogen and oxygen atoms in total. The Kier molecular flexibility index (Phi) is 4.59. The smallest absolute Gasteiger partial charge is 0.131 e. The van der Waals surface area contributed by atoms with Gasteiger partial charge in [-0.3, -0.25) is 0 Å². The van der Waals surface area contributed by atoms with Crippen molar-refractivity contribution in [3.8, 4) is 17.2 Å². The monoisotopic (exact) mass is 292 g/mol. The van der Waals surface area contributed by atoms with Crippen LogP contribution in [-0.4, -0.2) is 6.61 Å². The molecule has 0 spiro atoms. The summed E-state index contributed by atoms with van der Waals surface area (Å²) >= 11 is 0. The summed E-state index contributed by atoms with van der Waals surface area (Å²) in [5.41, 5.74) is 0. The molecule has 0 radical (unpaired) electrons. The maximum atomic E-state index is 5.95. The Morgan fingerprint density at radius 2 is 1.50 bits per heavy atom. The van der Waals surface area contributed by atoms with Gasteiger partial charge in [0.25, 0.3) is 0 Å². The molecule has 3 aromatic rings. The molecular weight excluding hydrogens is 272 g/mol. The van der Waals surface area contributed by atoms with Crippen LogP contribution in [0.2, 0.25) is 0 Å². The highest BCUT2D eigenvalue weighted by Crippen LogP contribution is 2.28. The van der Waals surface area contributed by atoms with Crippen LogP contribution < -0.4 is 9.47 Å². The molecule has 0 aliphatic rings. The first-order chi connectivity index (χ1) is 10.8. The molecule has 0 fully saturated rings. The topological polar surface area (TPSA) is 18.5 Å². The second-order valence-electron chi connectivity index (χ2n) is 5.29. The van der Waals surface area contributed by atoms with Crippen LogP contribution in [0.25, 0.3) is 10.8 Å². The lowest BCUT2D eigenvalue weighted by Crippen LogP contribution is -1.96. The van der Waals surface area contributed by atoms with Crippen LogP contribution in [0.3, 0.4) is 0 Å². The van der Waals surface area contributed by atoms with Crippen molar-refractivity contribution in [2.75, 3.05) is 6.61 Å². The van der Waals surface area contributed by atoms with E-state index in [4.69, 9.17) is 9.47 Å². The zero-order chi connectivity index (χ0) is 15.2. The third-order valence-electron chi connectivity index (χ3n) is 3.53. The van der Waals surface area contributed by atoms with Gasteiger partial charge in [0.05, 0.1) is 6.61 Å². The van der Waals surface area contributed by atoms with Gasteiger partial charge in [0.1, 0.15) is 17.2 Å². The van der Waals surface area contributed by atoms with Crippen molar-refractivity contribution in [2.24, 2.45) is 0 Å². The van der Waals surface area contributed by atoms with Gasteiger partial charge in [0.15, 0.2) is 0 Å². The Bertz CT molecular complexity index is 749. The number of benzene rings is 3. The van der Waals surface area contributed by atoms with E-state index < -0.39 is 0 Å². The lowest BCUT2D eigenvalue weighted by atomic mass is 10.1. The van der Waals surface area contributed by atoms with Crippen LogP contribution >= 0.6 is 0 Å². The first kappa shape index (κ1) is 14.5. The van der Waals surface area contributed by atoms with Crippen molar-refractivity contribution in [3.63, 3.8) is 0 Å². The number of hydrogen-bond donors (Lipinski definition) is 0. The maximum Gasteiger partial charge on any atom is 0.131 e. The summed E-state index contributed by atoms with van der Waals surface area (Å²) in [6.45, 7) is 2.90. The van der Waals surface area contributed by atoms with Gasteiger partial charge in [0.2, 0.25) is 0 Å². The molecule has 0 atom stereocenters. The van der Waals surface area contributed by atoms with E-state index in [0.29, 0.717) is 0 Å². The molecule has 0 saturated carbocycles. The second kappa shape index (κ2) is 6.99. The fraction of sp³-hybridized carbons (Fsp3) is 0.200. The lowest BCUT2D eigenvalue weighted by molar-refractivity contribution is 0.308. The normalized spacial score (nSPS) is 10.6. The van der Waals surface area contributed by atoms with Crippen LogP contribution in [0.4, 0.5) is 0 Å². The Morgan fingerprint density at radius 1 is 0.727 bits per heavy atom. The maximum absolute atomic E-state index is 5.95. The molecule has 0 bridgehead atoms. The molecule has 0 heterocycles. The van der Waals surface area contributed by atoms with Crippen LogP contribution in [0.1, 0.15) is 19.8 Å². The fourth-order valence-corrected chi connectivity index (χ4v) is 2.33. The van der Waals surface area contributed by atoms with Crippen LogP contribution in [-0.2, 0) is 0 Å². The minimum atomic E-state index is 0.746. The fourth-order valence-electron chi connectivity index (χ4n) is 2.33. The van der Waals surface area contributed by atoms with Crippen LogP contribution in [0, 0.1) is 0 Å². The summed E-state index contributed by atoms with van der Waals surface area (Å²) in [4.78, 5) is 0. The predicted molar refractivity (Wildman–Crippen MR) is 90.9 cm³/mol. The van der Waals surface area contributed by atoms with E-state index in [9.17, 15) is 0 Å². The molecule has 0 saturated heterocycles. The van der Waals surface area contributed by atoms with Crippen molar-refractivity contribution in [3.05, 3.63) is 66.7 Å². The average Bonchev–Trinajstić information content (AvgIpc) is 2.55. The van der Waals surface area contributed by atoms with E-state index in [1.54, 1.807) is 0 Å². The van der Waals surface area contributed by atoms with Crippen molar-refractivity contribution in [1.29, 1.82) is 0 Å². The lowest BCUT2D eigenvalue weighted by Gasteiger charge is -2.09. The van der Waals surface area contributed by atoms with Crippen LogP contribution in [0.15, 0.2) is 66.7 Å². The van der Waals surface area contributed by atoms with Crippen molar-refractivity contribution in [1.82, 2.24) is 0 Å². The van der Waals surface area contributed by atoms with Gasteiger partial charge in [-0.15, -0.1) is 0 Å². The summed E-state index contributed by atoms with van der Waals surface area (Å²) in [6, 6.07) is 22.2. The minimum absolute atomic E-state index is 0.746. The van der Waals surface area contributed by atoms with Gasteiger partial charge in [0, 0.05) is 6.07 Å². The Hall–Kier alpha value is -2.48. The van der Waals surface area contributed by atoms with Gasteiger partial charge in [-0.05, 0) is 41.5 Å². The van der Waals surface area contributed by atoms with Gasteiger partial charge in [-0.2, -0.15) is 0 Å². The Morgan fingerprint density at radius 3 is 2.36 bits per heavy atom. The van der Waals surface area contributed by atoms with E-state index in [0.717, 1.165) is 36.7 Å². The molecule has 3 aromatic carbocycles. The third kappa shape index (κ3) is 3.59. The summed E-state index contributed by atoms with van der Waals surface area (Å²) in [5.74, 6) is 2.49. The van der Waals surface area contributed by atoms with E-state index in [1.165, 1.54) is 10.8 Å². The van der Waals surface area contributed by atoms with Gasteiger partial charge >= 0.3 is 0 Å². The van der Waals surface area contributed by atoms with E-state index in [2.05, 4.69) is 31.2 Å². The van der Waals surface area contributed by atoms with E-state index >= 15 is 0 Å². The first-order valence-corrected chi connectivity index (χ1v) is 7.74. The molecule has 0 amide bonds. The highest BCUT2D eigenvalue weighted by atomic mass is 16.5. The number of ether oxygens (including phenoxy) is 2. The molecule has 112 valence electrons. The summed E-state index contributed by atoms with van der Waals surface area (Å²) < 4.78 is 11.7. The number of rotatable bonds is 6. The van der Waals surface area contributed by atoms with Crippen molar-refractivity contribution >= 4 is 10.8 Å². The molecule has 3 rings (SSSR count). The zero-order valence-corrected chi connectivity index (χ0v) is 12.8. The molecule has 0 N–H and O–H groups in total. The predicted octanol–water partition coefficient (Wildman–Crippen LogP) is 5.81. The van der Waals surface area contributed by atoms with Gasteiger partial charge in [-0.25, -0.2) is 0 Å². The largest absolute Gasteiger partial charge is 0.493 e. The molecule has 0 aliphatic heterocycles. The number of hydrogen-bond acceptors (Lipinski definition) is 2. The highest BCUT2D eigenvalue weighted by Gasteiger charge is 2.01. The molecule has 0 unspecified atom stereocenters. The zero-order valence-electron chi connectivity index (χ0n) is 12.8. The number of unbranched alkanes of at least 4 members (excludes halogenated alkanes) is 1. The van der Waals surface area contributed by atoms with Gasteiger partial charge < -0.3 is 9.47 Å².